The van der Waals surface area contributed by atoms with Crippen LogP contribution in [-0.2, 0) is 32.6 Å². The Morgan fingerprint density at radius 3 is 1.97 bits per heavy atom. The highest BCUT2D eigenvalue weighted by atomic mass is 32.2. The van der Waals surface area contributed by atoms with Crippen molar-refractivity contribution in [2.75, 3.05) is 17.1 Å². The SMILES string of the molecule is Cc1ccc(N(CC(=O)N(Cc2ccccc2)[C@@H](Cc2ccccc2)C(=O)NC(C)C)S(C)(=O)=O)c(C)c1. The number of hydrogen-bond acceptors (Lipinski definition) is 4. The molecule has 7 nitrogen and oxygen atoms in total. The third-order valence-electron chi connectivity index (χ3n) is 6.20. The number of sulfonamides is 1. The van der Waals surface area contributed by atoms with Gasteiger partial charge in [-0.3, -0.25) is 13.9 Å². The Bertz CT molecular complexity index is 1340. The van der Waals surface area contributed by atoms with Gasteiger partial charge >= 0.3 is 0 Å². The number of carbonyl (C=O) groups excluding carboxylic acids is 2. The van der Waals surface area contributed by atoms with Crippen LogP contribution >= 0.6 is 0 Å². The van der Waals surface area contributed by atoms with Gasteiger partial charge in [-0.2, -0.15) is 0 Å². The van der Waals surface area contributed by atoms with Gasteiger partial charge in [-0.25, -0.2) is 8.42 Å². The van der Waals surface area contributed by atoms with Gasteiger partial charge in [-0.15, -0.1) is 0 Å². The highest BCUT2D eigenvalue weighted by Gasteiger charge is 2.33. The third kappa shape index (κ3) is 7.92. The number of hydrogen-bond donors (Lipinski definition) is 1. The predicted molar refractivity (Wildman–Crippen MR) is 152 cm³/mol. The highest BCUT2D eigenvalue weighted by molar-refractivity contribution is 7.92. The first-order chi connectivity index (χ1) is 18.0. The molecule has 0 fully saturated rings. The van der Waals surface area contributed by atoms with Crippen LogP contribution in [0.15, 0.2) is 78.9 Å². The number of nitrogens with one attached hydrogen (secondary N) is 1. The van der Waals surface area contributed by atoms with E-state index in [0.29, 0.717) is 12.1 Å². The van der Waals surface area contributed by atoms with Gasteiger partial charge in [0, 0.05) is 19.0 Å². The summed E-state index contributed by atoms with van der Waals surface area (Å²) in [4.78, 5) is 29.0. The highest BCUT2D eigenvalue weighted by Crippen LogP contribution is 2.24. The van der Waals surface area contributed by atoms with E-state index >= 15 is 0 Å². The van der Waals surface area contributed by atoms with Gasteiger partial charge in [0.2, 0.25) is 21.8 Å². The van der Waals surface area contributed by atoms with Crippen molar-refractivity contribution in [2.45, 2.75) is 52.7 Å². The maximum atomic E-state index is 14.0. The Morgan fingerprint density at radius 1 is 0.868 bits per heavy atom. The largest absolute Gasteiger partial charge is 0.352 e. The van der Waals surface area contributed by atoms with Crippen molar-refractivity contribution in [3.63, 3.8) is 0 Å². The second-order valence-electron chi connectivity index (χ2n) is 9.94. The smallest absolute Gasteiger partial charge is 0.244 e. The maximum absolute atomic E-state index is 14.0. The summed E-state index contributed by atoms with van der Waals surface area (Å²) in [5, 5.41) is 2.95. The molecule has 8 heteroatoms. The van der Waals surface area contributed by atoms with Crippen molar-refractivity contribution >= 4 is 27.5 Å². The Kier molecular flexibility index (Phi) is 9.69. The van der Waals surface area contributed by atoms with E-state index in [0.717, 1.165) is 32.8 Å². The first-order valence-corrected chi connectivity index (χ1v) is 14.5. The van der Waals surface area contributed by atoms with Crippen LogP contribution in [0.2, 0.25) is 0 Å². The summed E-state index contributed by atoms with van der Waals surface area (Å²) in [5.74, 6) is -0.746. The van der Waals surface area contributed by atoms with Crippen molar-refractivity contribution in [1.29, 1.82) is 0 Å². The van der Waals surface area contributed by atoms with Gasteiger partial charge in [0.05, 0.1) is 11.9 Å². The van der Waals surface area contributed by atoms with E-state index in [-0.39, 0.29) is 18.5 Å². The number of anilines is 1. The van der Waals surface area contributed by atoms with Gasteiger partial charge in [0.25, 0.3) is 0 Å². The molecule has 0 saturated carbocycles. The summed E-state index contributed by atoms with van der Waals surface area (Å²) >= 11 is 0. The van der Waals surface area contributed by atoms with Crippen LogP contribution < -0.4 is 9.62 Å². The van der Waals surface area contributed by atoms with Crippen LogP contribution in [0.3, 0.4) is 0 Å². The number of aryl methyl sites for hydroxylation is 2. The van der Waals surface area contributed by atoms with E-state index < -0.39 is 28.5 Å². The molecule has 1 N–H and O–H groups in total. The zero-order valence-electron chi connectivity index (χ0n) is 22.7. The van der Waals surface area contributed by atoms with Gasteiger partial charge in [-0.05, 0) is 50.5 Å². The molecule has 3 aromatic carbocycles. The van der Waals surface area contributed by atoms with Crippen molar-refractivity contribution in [3.05, 3.63) is 101 Å². The fourth-order valence-electron chi connectivity index (χ4n) is 4.39. The van der Waals surface area contributed by atoms with Crippen molar-refractivity contribution < 1.29 is 18.0 Å². The summed E-state index contributed by atoms with van der Waals surface area (Å²) in [7, 11) is -3.79. The first-order valence-electron chi connectivity index (χ1n) is 12.7. The predicted octanol–water partition coefficient (Wildman–Crippen LogP) is 4.23. The van der Waals surface area contributed by atoms with Gasteiger partial charge in [0.15, 0.2) is 0 Å². The molecule has 38 heavy (non-hydrogen) atoms. The Balaban J connectivity index is 2.05. The van der Waals surface area contributed by atoms with E-state index in [1.165, 1.54) is 4.90 Å². The van der Waals surface area contributed by atoms with Crippen LogP contribution in [0.25, 0.3) is 0 Å². The second kappa shape index (κ2) is 12.7. The van der Waals surface area contributed by atoms with Crippen molar-refractivity contribution in [3.8, 4) is 0 Å². The molecular formula is C30H37N3O4S. The fraction of sp³-hybridized carbons (Fsp3) is 0.333. The van der Waals surface area contributed by atoms with Crippen molar-refractivity contribution in [1.82, 2.24) is 10.2 Å². The number of amides is 2. The van der Waals surface area contributed by atoms with E-state index in [2.05, 4.69) is 5.32 Å². The number of nitrogens with zero attached hydrogens (tertiary/aromatic N) is 2. The lowest BCUT2D eigenvalue weighted by Crippen LogP contribution is -2.54. The molecule has 0 spiro atoms. The van der Waals surface area contributed by atoms with Crippen LogP contribution in [-0.4, -0.2) is 50.0 Å². The molecule has 0 bridgehead atoms. The molecule has 0 radical (unpaired) electrons. The second-order valence-corrected chi connectivity index (χ2v) is 11.8. The number of rotatable bonds is 11. The molecule has 2 amide bonds. The number of benzene rings is 3. The van der Waals surface area contributed by atoms with Crippen LogP contribution in [0.1, 0.15) is 36.1 Å². The average molecular weight is 536 g/mol. The Labute approximate surface area is 226 Å². The van der Waals surface area contributed by atoms with Gasteiger partial charge in [-0.1, -0.05) is 78.4 Å². The topological polar surface area (TPSA) is 86.8 Å². The molecule has 3 rings (SSSR count). The van der Waals surface area contributed by atoms with Crippen LogP contribution in [0, 0.1) is 13.8 Å². The molecule has 0 aliphatic heterocycles. The molecule has 0 unspecified atom stereocenters. The van der Waals surface area contributed by atoms with E-state index in [1.54, 1.807) is 6.07 Å². The maximum Gasteiger partial charge on any atom is 0.244 e. The van der Waals surface area contributed by atoms with E-state index in [4.69, 9.17) is 0 Å². The summed E-state index contributed by atoms with van der Waals surface area (Å²) in [6, 6.07) is 23.4. The minimum Gasteiger partial charge on any atom is -0.352 e. The molecule has 0 aliphatic carbocycles. The Hall–Kier alpha value is -3.65. The van der Waals surface area contributed by atoms with Gasteiger partial charge in [0.1, 0.15) is 12.6 Å². The lowest BCUT2D eigenvalue weighted by atomic mass is 10.0. The summed E-state index contributed by atoms with van der Waals surface area (Å²) < 4.78 is 26.9. The normalized spacial score (nSPS) is 12.2. The Morgan fingerprint density at radius 2 is 1.45 bits per heavy atom. The zero-order valence-corrected chi connectivity index (χ0v) is 23.5. The summed E-state index contributed by atoms with van der Waals surface area (Å²) in [6.07, 6.45) is 1.38. The molecule has 0 saturated heterocycles. The lowest BCUT2D eigenvalue weighted by molar-refractivity contribution is -0.140. The molecule has 1 atom stereocenters. The van der Waals surface area contributed by atoms with Crippen LogP contribution in [0.5, 0.6) is 0 Å². The quantitative estimate of drug-likeness (QED) is 0.398. The third-order valence-corrected chi connectivity index (χ3v) is 7.32. The van der Waals surface area contributed by atoms with Gasteiger partial charge < -0.3 is 10.2 Å². The van der Waals surface area contributed by atoms with E-state index in [9.17, 15) is 18.0 Å². The minimum absolute atomic E-state index is 0.128. The molecular weight excluding hydrogens is 498 g/mol. The zero-order chi connectivity index (χ0) is 27.9. The van der Waals surface area contributed by atoms with E-state index in [1.807, 2.05) is 100 Å². The standard InChI is InChI=1S/C30H37N3O4S/c1-22(2)31-30(35)28(19-25-12-8-6-9-13-25)32(20-26-14-10-7-11-15-26)29(34)21-33(38(5,36)37)27-17-16-23(3)18-24(27)4/h6-18,22,28H,19-21H2,1-5H3,(H,31,35)/t28-/m0/s1. The minimum atomic E-state index is -3.79. The molecule has 0 aromatic heterocycles. The average Bonchev–Trinajstić information content (AvgIpc) is 2.85. The molecule has 0 heterocycles. The lowest BCUT2D eigenvalue weighted by Gasteiger charge is -2.34. The first kappa shape index (κ1) is 28.9. The summed E-state index contributed by atoms with van der Waals surface area (Å²) in [5.41, 5.74) is 3.92. The molecule has 202 valence electrons. The molecule has 3 aromatic rings. The van der Waals surface area contributed by atoms with Crippen LogP contribution in [0.4, 0.5) is 5.69 Å². The van der Waals surface area contributed by atoms with Crippen molar-refractivity contribution in [2.24, 2.45) is 0 Å². The summed E-state index contributed by atoms with van der Waals surface area (Å²) in [6.45, 7) is 7.22. The molecule has 0 aliphatic rings. The fourth-order valence-corrected chi connectivity index (χ4v) is 5.30. The number of carbonyl (C=O) groups is 2. The monoisotopic (exact) mass is 535 g/mol.